The zero-order valence-corrected chi connectivity index (χ0v) is 10.7. The Hall–Kier alpha value is -1.23. The van der Waals surface area contributed by atoms with Crippen LogP contribution in [0.25, 0.3) is 0 Å². The number of halogens is 1. The molecule has 1 aromatic carbocycles. The quantitative estimate of drug-likeness (QED) is 0.872. The molecule has 0 spiro atoms. The molecule has 0 aliphatic rings. The van der Waals surface area contributed by atoms with Crippen molar-refractivity contribution in [2.75, 3.05) is 13.2 Å². The molecule has 0 saturated heterocycles. The van der Waals surface area contributed by atoms with Gasteiger partial charge >= 0.3 is 0 Å². The molecule has 0 fully saturated rings. The van der Waals surface area contributed by atoms with Crippen LogP contribution in [0.15, 0.2) is 41.1 Å². The molecule has 1 heterocycles. The summed E-state index contributed by atoms with van der Waals surface area (Å²) in [5.41, 5.74) is 0.828. The van der Waals surface area contributed by atoms with E-state index in [4.69, 9.17) is 0 Å². The van der Waals surface area contributed by atoms with Gasteiger partial charge < -0.3 is 10.2 Å². The molecule has 0 unspecified atom stereocenters. The Kier molecular flexibility index (Phi) is 4.11. The van der Waals surface area contributed by atoms with Crippen LogP contribution in [0.2, 0.25) is 0 Å². The number of hydrogen-bond donors (Lipinski definition) is 2. The van der Waals surface area contributed by atoms with E-state index >= 15 is 0 Å². The first kappa shape index (κ1) is 13.2. The first-order chi connectivity index (χ1) is 8.70. The molecule has 96 valence electrons. The fourth-order valence-electron chi connectivity index (χ4n) is 2.05. The standard InChI is InChI=1S/C14H15FO2S/c15-13-3-1-2-12(6-13)14(9-16,10-17)7-11-4-5-18-8-11/h1-6,8,16-17H,7,9-10H2. The van der Waals surface area contributed by atoms with Crippen molar-refractivity contribution >= 4 is 11.3 Å². The van der Waals surface area contributed by atoms with Crippen LogP contribution in [0.1, 0.15) is 11.1 Å². The monoisotopic (exact) mass is 266 g/mol. The molecule has 2 nitrogen and oxygen atoms in total. The van der Waals surface area contributed by atoms with Crippen molar-refractivity contribution in [3.8, 4) is 0 Å². The molecule has 0 radical (unpaired) electrons. The van der Waals surface area contributed by atoms with Crippen molar-refractivity contribution in [1.82, 2.24) is 0 Å². The van der Waals surface area contributed by atoms with Crippen LogP contribution in [-0.2, 0) is 11.8 Å². The topological polar surface area (TPSA) is 40.5 Å². The Bertz CT molecular complexity index is 492. The minimum atomic E-state index is -0.830. The summed E-state index contributed by atoms with van der Waals surface area (Å²) in [6.07, 6.45) is 0.493. The molecule has 0 aliphatic carbocycles. The van der Waals surface area contributed by atoms with Gasteiger partial charge in [0.15, 0.2) is 0 Å². The highest BCUT2D eigenvalue weighted by molar-refractivity contribution is 7.07. The van der Waals surface area contributed by atoms with Crippen LogP contribution in [-0.4, -0.2) is 23.4 Å². The maximum atomic E-state index is 13.3. The first-order valence-corrected chi connectivity index (χ1v) is 6.63. The van der Waals surface area contributed by atoms with Crippen LogP contribution in [0.5, 0.6) is 0 Å². The molecule has 0 bridgehead atoms. The molecule has 4 heteroatoms. The van der Waals surface area contributed by atoms with Gasteiger partial charge in [-0.15, -0.1) is 0 Å². The number of rotatable bonds is 5. The number of hydrogen-bond acceptors (Lipinski definition) is 3. The Morgan fingerprint density at radius 2 is 1.94 bits per heavy atom. The fraction of sp³-hybridized carbons (Fsp3) is 0.286. The van der Waals surface area contributed by atoms with E-state index in [9.17, 15) is 14.6 Å². The molecule has 0 aliphatic heterocycles. The minimum absolute atomic E-state index is 0.219. The van der Waals surface area contributed by atoms with Crippen LogP contribution < -0.4 is 0 Å². The lowest BCUT2D eigenvalue weighted by Crippen LogP contribution is -2.37. The van der Waals surface area contributed by atoms with Crippen LogP contribution in [0.3, 0.4) is 0 Å². The Morgan fingerprint density at radius 1 is 1.17 bits per heavy atom. The van der Waals surface area contributed by atoms with Gasteiger partial charge in [0.25, 0.3) is 0 Å². The second-order valence-electron chi connectivity index (χ2n) is 4.42. The average Bonchev–Trinajstić information content (AvgIpc) is 2.89. The van der Waals surface area contributed by atoms with E-state index < -0.39 is 5.41 Å². The number of aliphatic hydroxyl groups excluding tert-OH is 2. The lowest BCUT2D eigenvalue weighted by atomic mass is 9.77. The lowest BCUT2D eigenvalue weighted by Gasteiger charge is -2.30. The normalized spacial score (nSPS) is 11.7. The van der Waals surface area contributed by atoms with Crippen molar-refractivity contribution in [3.05, 3.63) is 58.0 Å². The van der Waals surface area contributed by atoms with Crippen molar-refractivity contribution in [1.29, 1.82) is 0 Å². The maximum Gasteiger partial charge on any atom is 0.123 e. The summed E-state index contributed by atoms with van der Waals surface area (Å²) < 4.78 is 13.3. The lowest BCUT2D eigenvalue weighted by molar-refractivity contribution is 0.116. The summed E-state index contributed by atoms with van der Waals surface area (Å²) in [4.78, 5) is 0. The molecule has 2 rings (SSSR count). The van der Waals surface area contributed by atoms with E-state index in [1.54, 1.807) is 23.5 Å². The SMILES string of the molecule is OCC(CO)(Cc1ccsc1)c1cccc(F)c1. The van der Waals surface area contributed by atoms with Gasteiger partial charge in [-0.05, 0) is 46.5 Å². The van der Waals surface area contributed by atoms with Crippen molar-refractivity contribution in [2.45, 2.75) is 11.8 Å². The largest absolute Gasteiger partial charge is 0.395 e. The van der Waals surface area contributed by atoms with Crippen molar-refractivity contribution in [3.63, 3.8) is 0 Å². The van der Waals surface area contributed by atoms with Gasteiger partial charge in [-0.2, -0.15) is 11.3 Å². The second kappa shape index (κ2) is 5.61. The molecular formula is C14H15FO2S. The molecule has 1 aromatic heterocycles. The second-order valence-corrected chi connectivity index (χ2v) is 5.20. The summed E-state index contributed by atoms with van der Waals surface area (Å²) in [6.45, 7) is -0.439. The Labute approximate surface area is 109 Å². The average molecular weight is 266 g/mol. The van der Waals surface area contributed by atoms with Gasteiger partial charge in [-0.3, -0.25) is 0 Å². The van der Waals surface area contributed by atoms with Crippen LogP contribution in [0, 0.1) is 5.82 Å². The molecule has 2 N–H and O–H groups in total. The molecule has 18 heavy (non-hydrogen) atoms. The van der Waals surface area contributed by atoms with E-state index in [-0.39, 0.29) is 19.0 Å². The third-order valence-corrected chi connectivity index (χ3v) is 3.90. The van der Waals surface area contributed by atoms with Gasteiger partial charge in [0.2, 0.25) is 0 Å². The zero-order chi connectivity index (χ0) is 13.0. The summed E-state index contributed by atoms with van der Waals surface area (Å²) in [7, 11) is 0. The first-order valence-electron chi connectivity index (χ1n) is 5.69. The molecule has 2 aromatic rings. The highest BCUT2D eigenvalue weighted by atomic mass is 32.1. The van der Waals surface area contributed by atoms with E-state index in [1.165, 1.54) is 12.1 Å². The third-order valence-electron chi connectivity index (χ3n) is 3.16. The van der Waals surface area contributed by atoms with Crippen molar-refractivity contribution < 1.29 is 14.6 Å². The van der Waals surface area contributed by atoms with E-state index in [0.29, 0.717) is 12.0 Å². The van der Waals surface area contributed by atoms with Gasteiger partial charge in [0.1, 0.15) is 5.82 Å². The fourth-order valence-corrected chi connectivity index (χ4v) is 2.72. The van der Waals surface area contributed by atoms with Gasteiger partial charge in [-0.25, -0.2) is 4.39 Å². The maximum absolute atomic E-state index is 13.3. The third kappa shape index (κ3) is 2.61. The summed E-state index contributed by atoms with van der Waals surface area (Å²) >= 11 is 1.56. The number of thiophene rings is 1. The molecular weight excluding hydrogens is 251 g/mol. The van der Waals surface area contributed by atoms with Crippen molar-refractivity contribution in [2.24, 2.45) is 0 Å². The highest BCUT2D eigenvalue weighted by Gasteiger charge is 2.31. The Morgan fingerprint density at radius 3 is 2.50 bits per heavy atom. The van der Waals surface area contributed by atoms with Gasteiger partial charge in [0.05, 0.1) is 13.2 Å². The molecule has 0 saturated carbocycles. The number of benzene rings is 1. The predicted molar refractivity (Wildman–Crippen MR) is 70.3 cm³/mol. The Balaban J connectivity index is 2.37. The van der Waals surface area contributed by atoms with Crippen LogP contribution >= 0.6 is 11.3 Å². The highest BCUT2D eigenvalue weighted by Crippen LogP contribution is 2.29. The van der Waals surface area contributed by atoms with Gasteiger partial charge in [-0.1, -0.05) is 12.1 Å². The predicted octanol–water partition coefficient (Wildman–Crippen LogP) is 2.35. The summed E-state index contributed by atoms with van der Waals surface area (Å²) in [5, 5.41) is 23.2. The van der Waals surface area contributed by atoms with E-state index in [2.05, 4.69) is 0 Å². The zero-order valence-electron chi connectivity index (χ0n) is 9.84. The van der Waals surface area contributed by atoms with Crippen LogP contribution in [0.4, 0.5) is 4.39 Å². The summed E-state index contributed by atoms with van der Waals surface area (Å²) in [6, 6.07) is 8.01. The van der Waals surface area contributed by atoms with Gasteiger partial charge in [0, 0.05) is 5.41 Å². The molecule has 0 amide bonds. The number of aliphatic hydroxyl groups is 2. The smallest absolute Gasteiger partial charge is 0.123 e. The van der Waals surface area contributed by atoms with E-state index in [0.717, 1.165) is 5.56 Å². The summed E-state index contributed by atoms with van der Waals surface area (Å²) in [5.74, 6) is -0.357. The van der Waals surface area contributed by atoms with E-state index in [1.807, 2.05) is 16.8 Å². The minimum Gasteiger partial charge on any atom is -0.395 e. The molecule has 0 atom stereocenters.